The lowest BCUT2D eigenvalue weighted by molar-refractivity contribution is -0.418. The number of aliphatic imine (C=N–C) groups is 1. The van der Waals surface area contributed by atoms with E-state index in [1.165, 1.54) is 6.21 Å². The summed E-state index contributed by atoms with van der Waals surface area (Å²) >= 11 is 0. The molecule has 19 heavy (non-hydrogen) atoms. The van der Waals surface area contributed by atoms with Crippen molar-refractivity contribution in [3.63, 3.8) is 0 Å². The molecule has 0 N–H and O–H groups in total. The number of fused-ring (bicyclic) bond motifs is 1. The van der Waals surface area contributed by atoms with Gasteiger partial charge in [-0.3, -0.25) is 0 Å². The average molecular weight is 261 g/mol. The molecule has 5 heteroatoms. The zero-order valence-corrected chi connectivity index (χ0v) is 11.3. The highest BCUT2D eigenvalue weighted by atomic mass is 16.8. The number of hydroxylamine groups is 2. The van der Waals surface area contributed by atoms with Crippen molar-refractivity contribution in [2.75, 3.05) is 0 Å². The summed E-state index contributed by atoms with van der Waals surface area (Å²) in [5.41, 5.74) is 0.150. The highest BCUT2D eigenvalue weighted by Crippen LogP contribution is 2.41. The van der Waals surface area contributed by atoms with Gasteiger partial charge in [0.25, 0.3) is 0 Å². The van der Waals surface area contributed by atoms with Crippen molar-refractivity contribution >= 4 is 11.9 Å². The number of benzene rings is 1. The van der Waals surface area contributed by atoms with Crippen molar-refractivity contribution < 1.29 is 14.7 Å². The highest BCUT2D eigenvalue weighted by Gasteiger charge is 2.54. The van der Waals surface area contributed by atoms with E-state index in [4.69, 9.17) is 9.47 Å². The largest absolute Gasteiger partial charge is 0.440 e. The molecule has 1 unspecified atom stereocenters. The molecule has 5 nitrogen and oxygen atoms in total. The van der Waals surface area contributed by atoms with Gasteiger partial charge >= 0.3 is 5.91 Å². The lowest BCUT2D eigenvalue weighted by Gasteiger charge is -2.49. The molecule has 0 amide bonds. The zero-order chi connectivity index (χ0) is 13.7. The third-order valence-electron chi connectivity index (χ3n) is 3.48. The summed E-state index contributed by atoms with van der Waals surface area (Å²) in [5.74, 6) is -0.883. The Hall–Kier alpha value is -1.43. The van der Waals surface area contributed by atoms with Crippen molar-refractivity contribution in [1.82, 2.24) is 5.06 Å². The second kappa shape index (κ2) is 4.03. The fourth-order valence-electron chi connectivity index (χ4n) is 2.72. The highest BCUT2D eigenvalue weighted by molar-refractivity contribution is 5.75. The van der Waals surface area contributed by atoms with E-state index < -0.39 is 11.4 Å². The number of rotatable bonds is 0. The molecule has 1 saturated heterocycles. The number of nitrogens with zero attached hydrogens (tertiary/aromatic N) is 2. The van der Waals surface area contributed by atoms with Gasteiger partial charge in [-0.25, -0.2) is 4.99 Å². The normalized spacial score (nSPS) is 32.9. The SMILES string of the molecule is CC1CC(C)(C)N([O])[C@@]2(C=Nc3ccccc3O2)O1. The van der Waals surface area contributed by atoms with Crippen LogP contribution in [-0.2, 0) is 9.94 Å². The third kappa shape index (κ3) is 1.94. The standard InChI is InChI=1S/C14H17N2O3/c1-10-8-13(2,3)16(17)14(18-10)9-15-11-6-4-5-7-12(11)19-14/h4-7,9-10H,8H2,1-3H3/t10?,14-/m0/s1. The van der Waals surface area contributed by atoms with E-state index in [9.17, 15) is 5.21 Å². The zero-order valence-electron chi connectivity index (χ0n) is 11.3. The van der Waals surface area contributed by atoms with E-state index in [1.54, 1.807) is 6.07 Å². The number of hydrogen-bond acceptors (Lipinski definition) is 4. The summed E-state index contributed by atoms with van der Waals surface area (Å²) in [5, 5.41) is 13.4. The van der Waals surface area contributed by atoms with Crippen LogP contribution in [0.25, 0.3) is 0 Å². The Kier molecular flexibility index (Phi) is 2.67. The maximum atomic E-state index is 12.6. The van der Waals surface area contributed by atoms with Crippen LogP contribution in [0.5, 0.6) is 5.75 Å². The Morgan fingerprint density at radius 3 is 2.89 bits per heavy atom. The predicted octanol–water partition coefficient (Wildman–Crippen LogP) is 2.67. The summed E-state index contributed by atoms with van der Waals surface area (Å²) in [6.07, 6.45) is 2.04. The molecule has 1 spiro atoms. The van der Waals surface area contributed by atoms with Crippen molar-refractivity contribution in [3.05, 3.63) is 24.3 Å². The van der Waals surface area contributed by atoms with Crippen molar-refractivity contribution in [2.24, 2.45) is 4.99 Å². The van der Waals surface area contributed by atoms with E-state index >= 15 is 0 Å². The van der Waals surface area contributed by atoms with Gasteiger partial charge in [-0.05, 0) is 39.3 Å². The molecule has 1 aromatic rings. The molecule has 2 aliphatic heterocycles. The van der Waals surface area contributed by atoms with E-state index in [0.717, 1.165) is 5.06 Å². The Morgan fingerprint density at radius 2 is 2.11 bits per heavy atom. The Labute approximate surface area is 112 Å². The molecule has 1 fully saturated rings. The van der Waals surface area contributed by atoms with Gasteiger partial charge in [0.1, 0.15) is 5.69 Å². The van der Waals surface area contributed by atoms with Gasteiger partial charge < -0.3 is 9.47 Å². The van der Waals surface area contributed by atoms with Gasteiger partial charge in [0.05, 0.1) is 17.9 Å². The quantitative estimate of drug-likeness (QED) is 0.721. The van der Waals surface area contributed by atoms with Crippen LogP contribution < -0.4 is 4.74 Å². The van der Waals surface area contributed by atoms with Gasteiger partial charge in [-0.1, -0.05) is 17.2 Å². The van der Waals surface area contributed by atoms with Crippen LogP contribution in [0, 0.1) is 0 Å². The lowest BCUT2D eigenvalue weighted by atomic mass is 9.94. The minimum atomic E-state index is -1.45. The molecule has 3 rings (SSSR count). The third-order valence-corrected chi connectivity index (χ3v) is 3.48. The molecule has 101 valence electrons. The smallest absolute Gasteiger partial charge is 0.337 e. The molecule has 2 heterocycles. The fraction of sp³-hybridized carbons (Fsp3) is 0.500. The first-order valence-electron chi connectivity index (χ1n) is 6.41. The number of hydrogen-bond donors (Lipinski definition) is 0. The monoisotopic (exact) mass is 261 g/mol. The van der Waals surface area contributed by atoms with E-state index in [2.05, 4.69) is 4.99 Å². The molecular formula is C14H17N2O3. The molecule has 0 bridgehead atoms. The van der Waals surface area contributed by atoms with Crippen molar-refractivity contribution in [2.45, 2.75) is 44.7 Å². The number of ether oxygens (including phenoxy) is 2. The minimum Gasteiger partial charge on any atom is -0.440 e. The van der Waals surface area contributed by atoms with Crippen LogP contribution in [0.4, 0.5) is 5.69 Å². The molecule has 1 radical (unpaired) electrons. The second-order valence-electron chi connectivity index (χ2n) is 5.70. The average Bonchev–Trinajstić information content (AvgIpc) is 2.35. The summed E-state index contributed by atoms with van der Waals surface area (Å²) in [6.45, 7) is 5.71. The van der Waals surface area contributed by atoms with Crippen LogP contribution in [-0.4, -0.2) is 28.8 Å². The second-order valence-corrected chi connectivity index (χ2v) is 5.70. The first-order valence-corrected chi connectivity index (χ1v) is 6.41. The summed E-state index contributed by atoms with van der Waals surface area (Å²) in [4.78, 5) is 4.30. The molecule has 2 atom stereocenters. The van der Waals surface area contributed by atoms with Crippen LogP contribution >= 0.6 is 0 Å². The van der Waals surface area contributed by atoms with Crippen molar-refractivity contribution in [1.29, 1.82) is 0 Å². The summed E-state index contributed by atoms with van der Waals surface area (Å²) in [6, 6.07) is 7.35. The molecule has 0 saturated carbocycles. The van der Waals surface area contributed by atoms with Gasteiger partial charge in [0.15, 0.2) is 5.75 Å². The molecule has 0 aromatic heterocycles. The molecule has 1 aromatic carbocycles. The topological polar surface area (TPSA) is 54.0 Å². The first-order chi connectivity index (χ1) is 8.93. The van der Waals surface area contributed by atoms with Crippen LogP contribution in [0.1, 0.15) is 27.2 Å². The van der Waals surface area contributed by atoms with Crippen LogP contribution in [0.15, 0.2) is 29.3 Å². The Morgan fingerprint density at radius 1 is 1.37 bits per heavy atom. The summed E-state index contributed by atoms with van der Waals surface area (Å²) in [7, 11) is 0. The lowest BCUT2D eigenvalue weighted by Crippen LogP contribution is -2.67. The van der Waals surface area contributed by atoms with E-state index in [0.29, 0.717) is 17.9 Å². The minimum absolute atomic E-state index is 0.0723. The van der Waals surface area contributed by atoms with Gasteiger partial charge in [-0.15, -0.1) is 5.21 Å². The van der Waals surface area contributed by atoms with Crippen LogP contribution in [0.2, 0.25) is 0 Å². The summed E-state index contributed by atoms with van der Waals surface area (Å²) < 4.78 is 11.6. The van der Waals surface area contributed by atoms with Gasteiger partial charge in [0, 0.05) is 0 Å². The number of para-hydroxylation sites is 2. The van der Waals surface area contributed by atoms with Crippen LogP contribution in [0.3, 0.4) is 0 Å². The van der Waals surface area contributed by atoms with Gasteiger partial charge in [0.2, 0.25) is 0 Å². The maximum Gasteiger partial charge on any atom is 0.337 e. The first kappa shape index (κ1) is 12.6. The Balaban J connectivity index is 2.01. The Bertz CT molecular complexity index is 529. The molecule has 0 aliphatic carbocycles. The van der Waals surface area contributed by atoms with E-state index in [1.807, 2.05) is 39.0 Å². The maximum absolute atomic E-state index is 12.6. The van der Waals surface area contributed by atoms with Crippen molar-refractivity contribution in [3.8, 4) is 5.75 Å². The van der Waals surface area contributed by atoms with E-state index in [-0.39, 0.29) is 6.10 Å². The van der Waals surface area contributed by atoms with Gasteiger partial charge in [-0.2, -0.15) is 0 Å². The fourth-order valence-corrected chi connectivity index (χ4v) is 2.72. The molecule has 2 aliphatic rings. The molecular weight excluding hydrogens is 244 g/mol. The predicted molar refractivity (Wildman–Crippen MR) is 69.7 cm³/mol.